The summed E-state index contributed by atoms with van der Waals surface area (Å²) in [6, 6.07) is 4.80. The van der Waals surface area contributed by atoms with E-state index in [1.54, 1.807) is 0 Å². The Bertz CT molecular complexity index is 918. The first-order valence-corrected chi connectivity index (χ1v) is 7.81. The fourth-order valence-electron chi connectivity index (χ4n) is 2.76. The molecule has 10 nitrogen and oxygen atoms in total. The first-order valence-electron chi connectivity index (χ1n) is 7.81. The van der Waals surface area contributed by atoms with Crippen LogP contribution >= 0.6 is 0 Å². The minimum Gasteiger partial charge on any atom is -0.389 e. The van der Waals surface area contributed by atoms with Crippen LogP contribution in [0.5, 0.6) is 0 Å². The Morgan fingerprint density at radius 3 is 2.65 bits per heavy atom. The number of hydrogen-bond acceptors (Lipinski definition) is 5. The summed E-state index contributed by atoms with van der Waals surface area (Å²) in [7, 11) is 0. The van der Waals surface area contributed by atoms with Gasteiger partial charge in [0.2, 0.25) is 5.56 Å². The number of primary amides is 1. The molecule has 136 valence electrons. The largest absolute Gasteiger partial charge is 0.389 e. The van der Waals surface area contributed by atoms with Crippen molar-refractivity contribution in [3.63, 3.8) is 0 Å². The smallest absolute Gasteiger partial charge is 0.268 e. The highest BCUT2D eigenvalue weighted by Gasteiger charge is 2.35. The minimum atomic E-state index is -0.965. The van der Waals surface area contributed by atoms with E-state index >= 15 is 0 Å². The summed E-state index contributed by atoms with van der Waals surface area (Å²) < 4.78 is 0. The number of likely N-dealkylation sites (tertiary alicyclic amines) is 1. The molecule has 1 fully saturated rings. The molecule has 0 aliphatic carbocycles. The number of β-amino-alcohol motifs (C(OH)–C–C–N with tert-alkyl or cyclic N) is 1. The zero-order valence-corrected chi connectivity index (χ0v) is 13.6. The number of nitrogens with two attached hydrogens (primary N) is 1. The van der Waals surface area contributed by atoms with E-state index in [0.29, 0.717) is 0 Å². The molecule has 1 aliphatic heterocycles. The third kappa shape index (κ3) is 3.49. The first-order chi connectivity index (χ1) is 12.3. The summed E-state index contributed by atoms with van der Waals surface area (Å²) in [4.78, 5) is 53.3. The van der Waals surface area contributed by atoms with E-state index in [1.807, 2.05) is 0 Å². The van der Waals surface area contributed by atoms with E-state index in [1.165, 1.54) is 35.4 Å². The minimum absolute atomic E-state index is 0.0200. The number of amides is 3. The van der Waals surface area contributed by atoms with Crippen molar-refractivity contribution in [2.24, 2.45) is 5.73 Å². The Hall–Kier alpha value is -3.40. The van der Waals surface area contributed by atoms with Crippen molar-refractivity contribution in [1.29, 1.82) is 0 Å². The lowest BCUT2D eigenvalue weighted by Gasteiger charge is -2.16. The molecule has 2 aromatic heterocycles. The summed E-state index contributed by atoms with van der Waals surface area (Å²) in [5.41, 5.74) is 5.11. The zero-order valence-electron chi connectivity index (χ0n) is 13.6. The van der Waals surface area contributed by atoms with Crippen LogP contribution in [-0.4, -0.2) is 62.9 Å². The number of nitrogens with one attached hydrogen (secondary N) is 3. The summed E-state index contributed by atoms with van der Waals surface area (Å²) in [6.07, 6.45) is 0.392. The quantitative estimate of drug-likeness (QED) is 0.444. The van der Waals surface area contributed by atoms with E-state index in [0.717, 1.165) is 0 Å². The van der Waals surface area contributed by atoms with Crippen LogP contribution in [0.2, 0.25) is 0 Å². The van der Waals surface area contributed by atoms with E-state index in [4.69, 9.17) is 5.73 Å². The molecular weight excluding hydrogens is 342 g/mol. The molecule has 0 aromatic carbocycles. The van der Waals surface area contributed by atoms with Crippen molar-refractivity contribution in [1.82, 2.24) is 20.2 Å². The lowest BCUT2D eigenvalue weighted by molar-refractivity contribution is 0.0765. The average Bonchev–Trinajstić information content (AvgIpc) is 3.22. The van der Waals surface area contributed by atoms with Gasteiger partial charge in [-0.1, -0.05) is 6.07 Å². The number of aliphatic hydroxyl groups is 1. The highest BCUT2D eigenvalue weighted by Crippen LogP contribution is 2.15. The molecule has 2 aromatic rings. The molecule has 0 unspecified atom stereocenters. The van der Waals surface area contributed by atoms with Crippen LogP contribution in [0.15, 0.2) is 35.3 Å². The highest BCUT2D eigenvalue weighted by molar-refractivity contribution is 5.99. The maximum Gasteiger partial charge on any atom is 0.268 e. The molecule has 6 N–H and O–H groups in total. The lowest BCUT2D eigenvalue weighted by Crippen LogP contribution is -2.43. The van der Waals surface area contributed by atoms with Crippen LogP contribution in [0.1, 0.15) is 31.3 Å². The van der Waals surface area contributed by atoms with Crippen molar-refractivity contribution in [2.75, 3.05) is 13.1 Å². The van der Waals surface area contributed by atoms with Crippen molar-refractivity contribution in [3.8, 4) is 0 Å². The van der Waals surface area contributed by atoms with Gasteiger partial charge in [0.1, 0.15) is 11.4 Å². The van der Waals surface area contributed by atoms with Gasteiger partial charge < -0.3 is 31.0 Å². The fourth-order valence-corrected chi connectivity index (χ4v) is 2.76. The Kier molecular flexibility index (Phi) is 4.59. The molecule has 1 saturated heterocycles. The maximum absolute atomic E-state index is 12.5. The number of H-pyrrole nitrogens is 2. The van der Waals surface area contributed by atoms with Gasteiger partial charge in [0.05, 0.1) is 17.7 Å². The van der Waals surface area contributed by atoms with Gasteiger partial charge in [-0.05, 0) is 12.1 Å². The number of nitrogens with zero attached hydrogens (tertiary/aromatic N) is 1. The van der Waals surface area contributed by atoms with Gasteiger partial charge in [0, 0.05) is 25.4 Å². The van der Waals surface area contributed by atoms with Crippen molar-refractivity contribution in [2.45, 2.75) is 12.1 Å². The second kappa shape index (κ2) is 6.84. The van der Waals surface area contributed by atoms with Crippen LogP contribution < -0.4 is 16.6 Å². The molecule has 0 bridgehead atoms. The van der Waals surface area contributed by atoms with Crippen LogP contribution in [-0.2, 0) is 0 Å². The average molecular weight is 359 g/mol. The normalized spacial score (nSPS) is 19.3. The Balaban J connectivity index is 1.67. The Morgan fingerprint density at radius 2 is 2.00 bits per heavy atom. The second-order valence-corrected chi connectivity index (χ2v) is 5.95. The number of rotatable bonds is 4. The Morgan fingerprint density at radius 1 is 1.23 bits per heavy atom. The Labute approximate surface area is 147 Å². The molecule has 0 radical (unpaired) electrons. The van der Waals surface area contributed by atoms with Gasteiger partial charge in [0.25, 0.3) is 17.7 Å². The predicted molar refractivity (Wildman–Crippen MR) is 89.5 cm³/mol. The molecule has 0 spiro atoms. The van der Waals surface area contributed by atoms with Crippen LogP contribution in [0.25, 0.3) is 0 Å². The van der Waals surface area contributed by atoms with Gasteiger partial charge in [0.15, 0.2) is 0 Å². The first kappa shape index (κ1) is 17.4. The summed E-state index contributed by atoms with van der Waals surface area (Å²) in [5, 5.41) is 12.7. The third-order valence-corrected chi connectivity index (χ3v) is 4.10. The van der Waals surface area contributed by atoms with E-state index in [9.17, 15) is 24.3 Å². The molecule has 3 rings (SSSR count). The number of aliphatic hydroxyl groups excluding tert-OH is 1. The van der Waals surface area contributed by atoms with Gasteiger partial charge in [-0.2, -0.15) is 0 Å². The predicted octanol–water partition coefficient (Wildman–Crippen LogP) is -1.58. The molecule has 1 aliphatic rings. The van der Waals surface area contributed by atoms with Gasteiger partial charge in [-0.25, -0.2) is 0 Å². The third-order valence-electron chi connectivity index (χ3n) is 4.10. The SMILES string of the molecule is NC(=O)c1cc(C(=O)N2C[C@@H](O)[C@H](NC(=O)c3cccc(=O)[nH]3)C2)c[nH]1. The lowest BCUT2D eigenvalue weighted by atomic mass is 10.2. The summed E-state index contributed by atoms with van der Waals surface area (Å²) >= 11 is 0. The number of aromatic amines is 2. The van der Waals surface area contributed by atoms with Crippen LogP contribution in [0.3, 0.4) is 0 Å². The highest BCUT2D eigenvalue weighted by atomic mass is 16.3. The van der Waals surface area contributed by atoms with E-state index in [2.05, 4.69) is 15.3 Å². The fraction of sp³-hybridized carbons (Fsp3) is 0.250. The van der Waals surface area contributed by atoms with Crippen molar-refractivity contribution < 1.29 is 19.5 Å². The van der Waals surface area contributed by atoms with Crippen molar-refractivity contribution in [3.05, 3.63) is 57.8 Å². The number of aromatic nitrogens is 2. The van der Waals surface area contributed by atoms with Crippen LogP contribution in [0.4, 0.5) is 0 Å². The van der Waals surface area contributed by atoms with Gasteiger partial charge in [-0.3, -0.25) is 19.2 Å². The standard InChI is InChI=1S/C16H17N5O5/c17-14(24)10-4-8(5-18-10)16(26)21-6-11(12(22)7-21)20-15(25)9-2-1-3-13(23)19-9/h1-5,11-12,18,22H,6-7H2,(H2,17,24)(H,19,23)(H,20,25)/t11-,12-/m1/s1. The van der Waals surface area contributed by atoms with E-state index < -0.39 is 35.4 Å². The second-order valence-electron chi connectivity index (χ2n) is 5.95. The molecule has 3 amide bonds. The van der Waals surface area contributed by atoms with Crippen LogP contribution in [0, 0.1) is 0 Å². The summed E-state index contributed by atoms with van der Waals surface area (Å²) in [5.74, 6) is -1.65. The summed E-state index contributed by atoms with van der Waals surface area (Å²) in [6.45, 7) is 0.103. The van der Waals surface area contributed by atoms with E-state index in [-0.39, 0.29) is 30.0 Å². The van der Waals surface area contributed by atoms with Gasteiger partial charge in [-0.15, -0.1) is 0 Å². The molecule has 2 atom stereocenters. The molecule has 26 heavy (non-hydrogen) atoms. The maximum atomic E-state index is 12.5. The molecule has 10 heteroatoms. The van der Waals surface area contributed by atoms with Gasteiger partial charge >= 0.3 is 0 Å². The number of pyridine rings is 1. The topological polar surface area (TPSA) is 161 Å². The number of carbonyl (C=O) groups is 3. The molecule has 3 heterocycles. The monoisotopic (exact) mass is 359 g/mol. The van der Waals surface area contributed by atoms with Crippen molar-refractivity contribution >= 4 is 17.7 Å². The molecule has 0 saturated carbocycles. The molecular formula is C16H17N5O5. The number of carbonyl (C=O) groups excluding carboxylic acids is 3. The number of hydrogen-bond donors (Lipinski definition) is 5. The zero-order chi connectivity index (χ0) is 18.8.